The number of ether oxygens (including phenoxy) is 2. The van der Waals surface area contributed by atoms with Crippen molar-refractivity contribution in [2.45, 2.75) is 33.8 Å². The summed E-state index contributed by atoms with van der Waals surface area (Å²) in [6, 6.07) is 20.9. The molecule has 0 heterocycles. The van der Waals surface area contributed by atoms with Gasteiger partial charge in [-0.05, 0) is 74.7 Å². The number of carbonyl (C=O) groups excluding carboxylic acids is 1. The maximum absolute atomic E-state index is 12.7. The second kappa shape index (κ2) is 8.61. The first-order valence-corrected chi connectivity index (χ1v) is 9.31. The van der Waals surface area contributed by atoms with Crippen molar-refractivity contribution in [3.63, 3.8) is 0 Å². The average Bonchev–Trinajstić information content (AvgIpc) is 2.68. The molecule has 0 bridgehead atoms. The van der Waals surface area contributed by atoms with E-state index in [0.29, 0.717) is 17.2 Å². The van der Waals surface area contributed by atoms with Crippen LogP contribution >= 0.6 is 0 Å². The summed E-state index contributed by atoms with van der Waals surface area (Å²) in [5, 5.41) is 2.91. The number of rotatable bonds is 6. The Labute approximate surface area is 166 Å². The van der Waals surface area contributed by atoms with Gasteiger partial charge < -0.3 is 14.8 Å². The largest absolute Gasteiger partial charge is 0.481 e. The molecule has 0 radical (unpaired) electrons. The third-order valence-electron chi connectivity index (χ3n) is 4.55. The Morgan fingerprint density at radius 3 is 2.32 bits per heavy atom. The van der Waals surface area contributed by atoms with Crippen molar-refractivity contribution in [1.82, 2.24) is 0 Å². The fourth-order valence-corrected chi connectivity index (χ4v) is 2.88. The van der Waals surface area contributed by atoms with Gasteiger partial charge in [0.2, 0.25) is 0 Å². The Morgan fingerprint density at radius 2 is 1.57 bits per heavy atom. The van der Waals surface area contributed by atoms with Crippen LogP contribution in [-0.2, 0) is 4.79 Å². The molecular formula is C24H25NO3. The first-order chi connectivity index (χ1) is 13.4. The lowest BCUT2D eigenvalue weighted by atomic mass is 10.1. The Morgan fingerprint density at radius 1 is 0.893 bits per heavy atom. The molecule has 4 heteroatoms. The Bertz CT molecular complexity index is 967. The molecule has 1 N–H and O–H groups in total. The van der Waals surface area contributed by atoms with Crippen LogP contribution in [0.1, 0.15) is 23.6 Å². The second-order valence-electron chi connectivity index (χ2n) is 6.87. The van der Waals surface area contributed by atoms with Crippen LogP contribution in [0, 0.1) is 20.8 Å². The zero-order chi connectivity index (χ0) is 20.1. The average molecular weight is 375 g/mol. The zero-order valence-electron chi connectivity index (χ0n) is 16.7. The van der Waals surface area contributed by atoms with E-state index in [1.54, 1.807) is 6.92 Å². The van der Waals surface area contributed by atoms with Crippen LogP contribution in [0.15, 0.2) is 66.7 Å². The van der Waals surface area contributed by atoms with E-state index in [0.717, 1.165) is 22.4 Å². The monoisotopic (exact) mass is 375 g/mol. The smallest absolute Gasteiger partial charge is 0.265 e. The molecule has 1 unspecified atom stereocenters. The minimum atomic E-state index is -0.648. The van der Waals surface area contributed by atoms with Gasteiger partial charge in [-0.15, -0.1) is 0 Å². The SMILES string of the molecule is Cc1cc(C)c(C)c(OC(C)C(=O)Nc2ccccc2Oc2ccccc2)c1. The van der Waals surface area contributed by atoms with Gasteiger partial charge in [0.25, 0.3) is 5.91 Å². The van der Waals surface area contributed by atoms with Crippen molar-refractivity contribution in [2.24, 2.45) is 0 Å². The first kappa shape index (κ1) is 19.5. The van der Waals surface area contributed by atoms with Crippen molar-refractivity contribution in [2.75, 3.05) is 5.32 Å². The number of hydrogen-bond acceptors (Lipinski definition) is 3. The van der Waals surface area contributed by atoms with E-state index in [1.165, 1.54) is 0 Å². The Kier molecular flexibility index (Phi) is 5.99. The van der Waals surface area contributed by atoms with Crippen LogP contribution < -0.4 is 14.8 Å². The van der Waals surface area contributed by atoms with Gasteiger partial charge in [0.05, 0.1) is 5.69 Å². The normalized spacial score (nSPS) is 11.6. The minimum Gasteiger partial charge on any atom is -0.481 e. The molecule has 3 rings (SSSR count). The van der Waals surface area contributed by atoms with E-state index < -0.39 is 6.10 Å². The zero-order valence-corrected chi connectivity index (χ0v) is 16.7. The number of para-hydroxylation sites is 3. The maximum atomic E-state index is 12.7. The Balaban J connectivity index is 1.73. The molecule has 28 heavy (non-hydrogen) atoms. The number of anilines is 1. The van der Waals surface area contributed by atoms with Crippen molar-refractivity contribution < 1.29 is 14.3 Å². The van der Waals surface area contributed by atoms with Crippen LogP contribution in [0.5, 0.6) is 17.2 Å². The molecule has 144 valence electrons. The predicted octanol–water partition coefficient (Wildman–Crippen LogP) is 5.81. The summed E-state index contributed by atoms with van der Waals surface area (Å²) in [4.78, 5) is 12.7. The summed E-state index contributed by atoms with van der Waals surface area (Å²) < 4.78 is 11.8. The number of nitrogens with one attached hydrogen (secondary N) is 1. The van der Waals surface area contributed by atoms with E-state index in [-0.39, 0.29) is 5.91 Å². The highest BCUT2D eigenvalue weighted by atomic mass is 16.5. The van der Waals surface area contributed by atoms with Gasteiger partial charge in [-0.2, -0.15) is 0 Å². The summed E-state index contributed by atoms with van der Waals surface area (Å²) in [6.45, 7) is 7.79. The van der Waals surface area contributed by atoms with Gasteiger partial charge in [0.1, 0.15) is 11.5 Å². The Hall–Kier alpha value is -3.27. The molecule has 3 aromatic rings. The lowest BCUT2D eigenvalue weighted by Gasteiger charge is -2.19. The molecule has 0 aliphatic carbocycles. The fourth-order valence-electron chi connectivity index (χ4n) is 2.88. The van der Waals surface area contributed by atoms with Gasteiger partial charge in [0, 0.05) is 0 Å². The van der Waals surface area contributed by atoms with Crippen molar-refractivity contribution in [1.29, 1.82) is 0 Å². The molecule has 3 aromatic carbocycles. The van der Waals surface area contributed by atoms with E-state index in [1.807, 2.05) is 81.4 Å². The van der Waals surface area contributed by atoms with E-state index >= 15 is 0 Å². The quantitative estimate of drug-likeness (QED) is 0.591. The molecule has 1 amide bonds. The molecule has 1 atom stereocenters. The minimum absolute atomic E-state index is 0.234. The summed E-state index contributed by atoms with van der Waals surface area (Å²) in [7, 11) is 0. The topological polar surface area (TPSA) is 47.6 Å². The number of amides is 1. The molecule has 0 saturated carbocycles. The molecule has 0 aromatic heterocycles. The van der Waals surface area contributed by atoms with E-state index in [2.05, 4.69) is 11.4 Å². The molecule has 0 aliphatic heterocycles. The molecule has 0 saturated heterocycles. The lowest BCUT2D eigenvalue weighted by molar-refractivity contribution is -0.122. The van der Waals surface area contributed by atoms with Gasteiger partial charge in [-0.1, -0.05) is 36.4 Å². The standard InChI is InChI=1S/C24H25NO3/c1-16-14-17(2)18(3)23(15-16)27-19(4)24(26)25-21-12-8-9-13-22(21)28-20-10-6-5-7-11-20/h5-15,19H,1-4H3,(H,25,26). The number of carbonyl (C=O) groups is 1. The lowest BCUT2D eigenvalue weighted by Crippen LogP contribution is -2.30. The molecule has 0 aliphatic rings. The third kappa shape index (κ3) is 4.71. The van der Waals surface area contributed by atoms with E-state index in [4.69, 9.17) is 9.47 Å². The van der Waals surface area contributed by atoms with Crippen molar-refractivity contribution in [3.8, 4) is 17.2 Å². The molecule has 4 nitrogen and oxygen atoms in total. The van der Waals surface area contributed by atoms with Gasteiger partial charge in [-0.3, -0.25) is 4.79 Å². The van der Waals surface area contributed by atoms with Gasteiger partial charge >= 0.3 is 0 Å². The van der Waals surface area contributed by atoms with Gasteiger partial charge in [-0.25, -0.2) is 0 Å². The molecule has 0 fully saturated rings. The molecule has 0 spiro atoms. The van der Waals surface area contributed by atoms with Crippen LogP contribution in [-0.4, -0.2) is 12.0 Å². The van der Waals surface area contributed by atoms with Crippen molar-refractivity contribution in [3.05, 3.63) is 83.4 Å². The van der Waals surface area contributed by atoms with Gasteiger partial charge in [0.15, 0.2) is 11.9 Å². The number of aryl methyl sites for hydroxylation is 2. The molecular weight excluding hydrogens is 350 g/mol. The highest BCUT2D eigenvalue weighted by Crippen LogP contribution is 2.30. The summed E-state index contributed by atoms with van der Waals surface area (Å²) in [5.74, 6) is 1.79. The first-order valence-electron chi connectivity index (χ1n) is 9.31. The van der Waals surface area contributed by atoms with Crippen LogP contribution in [0.3, 0.4) is 0 Å². The third-order valence-corrected chi connectivity index (χ3v) is 4.55. The summed E-state index contributed by atoms with van der Waals surface area (Å²) >= 11 is 0. The number of benzene rings is 3. The second-order valence-corrected chi connectivity index (χ2v) is 6.87. The van der Waals surface area contributed by atoms with Crippen LogP contribution in [0.25, 0.3) is 0 Å². The summed E-state index contributed by atoms with van der Waals surface area (Å²) in [6.07, 6.45) is -0.648. The van der Waals surface area contributed by atoms with Crippen LogP contribution in [0.4, 0.5) is 5.69 Å². The highest BCUT2D eigenvalue weighted by Gasteiger charge is 2.18. The van der Waals surface area contributed by atoms with Crippen molar-refractivity contribution >= 4 is 11.6 Å². The number of hydrogen-bond donors (Lipinski definition) is 1. The maximum Gasteiger partial charge on any atom is 0.265 e. The fraction of sp³-hybridized carbons (Fsp3) is 0.208. The summed E-state index contributed by atoms with van der Waals surface area (Å²) in [5.41, 5.74) is 3.89. The highest BCUT2D eigenvalue weighted by molar-refractivity contribution is 5.95. The van der Waals surface area contributed by atoms with E-state index in [9.17, 15) is 4.79 Å². The van der Waals surface area contributed by atoms with Crippen LogP contribution in [0.2, 0.25) is 0 Å². The predicted molar refractivity (Wildman–Crippen MR) is 112 cm³/mol.